The Morgan fingerprint density at radius 2 is 2.00 bits per heavy atom. The Morgan fingerprint density at radius 3 is 2.68 bits per heavy atom. The summed E-state index contributed by atoms with van der Waals surface area (Å²) in [6.45, 7) is 1.93. The van der Waals surface area contributed by atoms with Gasteiger partial charge in [-0.2, -0.15) is 0 Å². The van der Waals surface area contributed by atoms with Gasteiger partial charge < -0.3 is 24.7 Å². The molecule has 2 aromatic carbocycles. The van der Waals surface area contributed by atoms with Crippen molar-refractivity contribution in [3.63, 3.8) is 0 Å². The maximum absolute atomic E-state index is 15.9. The first kappa shape index (κ1) is 29.0. The maximum atomic E-state index is 15.9. The zero-order valence-corrected chi connectivity index (χ0v) is 23.5. The molecular weight excluding hydrogens is 578 g/mol. The van der Waals surface area contributed by atoms with Gasteiger partial charge in [-0.25, -0.2) is 28.5 Å². The van der Waals surface area contributed by atoms with E-state index in [1.165, 1.54) is 19.2 Å². The molecule has 0 amide bonds. The van der Waals surface area contributed by atoms with E-state index < -0.39 is 23.3 Å². The van der Waals surface area contributed by atoms with Crippen LogP contribution in [0.5, 0.6) is 5.75 Å². The number of nitrogens with two attached hydrogens (primary N) is 1. The van der Waals surface area contributed by atoms with Gasteiger partial charge in [0.25, 0.3) is 0 Å². The van der Waals surface area contributed by atoms with Crippen LogP contribution in [0.2, 0.25) is 5.02 Å². The lowest BCUT2D eigenvalue weighted by atomic mass is 9.97. The van der Waals surface area contributed by atoms with Gasteiger partial charge in [-0.3, -0.25) is 4.21 Å². The van der Waals surface area contributed by atoms with Crippen molar-refractivity contribution >= 4 is 45.4 Å². The van der Waals surface area contributed by atoms with E-state index in [0.717, 1.165) is 0 Å². The Hall–Kier alpha value is -3.49. The van der Waals surface area contributed by atoms with Crippen LogP contribution >= 0.6 is 11.6 Å². The molecule has 0 saturated carbocycles. The molecule has 5 rings (SSSR count). The van der Waals surface area contributed by atoms with Gasteiger partial charge in [-0.05, 0) is 42.3 Å². The quantitative estimate of drug-likeness (QED) is 0.267. The van der Waals surface area contributed by atoms with Crippen LogP contribution in [-0.4, -0.2) is 63.7 Å². The molecule has 41 heavy (non-hydrogen) atoms. The van der Waals surface area contributed by atoms with E-state index in [2.05, 4.69) is 9.71 Å². The molecule has 1 saturated heterocycles. The molecule has 3 N–H and O–H groups in total. The van der Waals surface area contributed by atoms with Crippen LogP contribution in [0.1, 0.15) is 18.2 Å². The molecule has 10 nitrogen and oxygen atoms in total. The topological polar surface area (TPSA) is 139 Å². The van der Waals surface area contributed by atoms with Crippen LogP contribution < -0.4 is 20.1 Å². The van der Waals surface area contributed by atoms with E-state index in [9.17, 15) is 8.76 Å². The van der Waals surface area contributed by atoms with Gasteiger partial charge in [0, 0.05) is 59.2 Å². The summed E-state index contributed by atoms with van der Waals surface area (Å²) in [6, 6.07) is 9.39. The highest BCUT2D eigenvalue weighted by Gasteiger charge is 2.25. The summed E-state index contributed by atoms with van der Waals surface area (Å²) in [5, 5.41) is 0.644. The highest BCUT2D eigenvalue weighted by molar-refractivity contribution is 7.77. The second-order valence-corrected chi connectivity index (χ2v) is 10.4. The van der Waals surface area contributed by atoms with E-state index in [-0.39, 0.29) is 29.1 Å². The average molecular weight is 604 g/mol. The van der Waals surface area contributed by atoms with E-state index in [4.69, 9.17) is 36.8 Å². The van der Waals surface area contributed by atoms with Crippen molar-refractivity contribution in [3.05, 3.63) is 59.0 Å². The zero-order chi connectivity index (χ0) is 29.1. The molecule has 0 aliphatic carbocycles. The number of morpholine rings is 1. The van der Waals surface area contributed by atoms with Crippen LogP contribution in [0.25, 0.3) is 33.4 Å². The smallest absolute Gasteiger partial charge is 0.163 e. The standard InChI is InChI=1S/C27H27ClF2N6O4S/c1-39-21-13-16(23-19(28)4-3-17(24(23)30)20(29)6-7-33-41(37)38)12-18-25(21)34-26(15-2-5-22(31)32-14-15)35-27(18)36-8-10-40-11-9-36/h2-5,12-14,20,33H,6-11H2,1H3,(H2,31,32)(H,37,38)/p-1. The van der Waals surface area contributed by atoms with Crippen LogP contribution in [0.3, 0.4) is 0 Å². The largest absolute Gasteiger partial charge is 0.760 e. The fourth-order valence-electron chi connectivity index (χ4n) is 4.67. The van der Waals surface area contributed by atoms with E-state index in [1.807, 2.05) is 4.90 Å². The van der Waals surface area contributed by atoms with Crippen molar-refractivity contribution in [1.82, 2.24) is 19.7 Å². The molecule has 2 atom stereocenters. The summed E-state index contributed by atoms with van der Waals surface area (Å²) in [5.41, 5.74) is 6.97. The third-order valence-corrected chi connectivity index (χ3v) is 7.44. The minimum Gasteiger partial charge on any atom is -0.760 e. The first-order chi connectivity index (χ1) is 19.8. The van der Waals surface area contributed by atoms with Crippen LogP contribution in [-0.2, 0) is 16.0 Å². The maximum Gasteiger partial charge on any atom is 0.163 e. The molecule has 0 bridgehead atoms. The molecule has 2 unspecified atom stereocenters. The van der Waals surface area contributed by atoms with Gasteiger partial charge in [0.1, 0.15) is 34.9 Å². The van der Waals surface area contributed by atoms with Crippen molar-refractivity contribution in [1.29, 1.82) is 0 Å². The van der Waals surface area contributed by atoms with Crippen LogP contribution in [0.15, 0.2) is 42.6 Å². The lowest BCUT2D eigenvalue weighted by Gasteiger charge is -2.29. The molecule has 0 radical (unpaired) electrons. The Morgan fingerprint density at radius 1 is 1.22 bits per heavy atom. The molecule has 1 aliphatic rings. The number of fused-ring (bicyclic) bond motifs is 1. The van der Waals surface area contributed by atoms with Gasteiger partial charge in [0.05, 0.1) is 25.3 Å². The molecule has 1 aliphatic heterocycles. The fraction of sp³-hybridized carbons (Fsp3) is 0.296. The molecule has 3 heterocycles. The van der Waals surface area contributed by atoms with Gasteiger partial charge in [-0.15, -0.1) is 0 Å². The summed E-state index contributed by atoms with van der Waals surface area (Å²) >= 11 is 3.92. The number of methoxy groups -OCH3 is 1. The van der Waals surface area contributed by atoms with E-state index in [0.29, 0.717) is 71.5 Å². The summed E-state index contributed by atoms with van der Waals surface area (Å²) in [4.78, 5) is 15.8. The highest BCUT2D eigenvalue weighted by atomic mass is 35.5. The summed E-state index contributed by atoms with van der Waals surface area (Å²) in [7, 11) is 1.47. The number of rotatable bonds is 9. The number of pyridine rings is 1. The number of halogens is 3. The molecule has 4 aromatic rings. The summed E-state index contributed by atoms with van der Waals surface area (Å²) < 4.78 is 65.7. The van der Waals surface area contributed by atoms with Gasteiger partial charge in [0.15, 0.2) is 5.82 Å². The molecule has 14 heteroatoms. The number of benzene rings is 2. The number of nitrogen functional groups attached to an aromatic ring is 1. The minimum atomic E-state index is -2.55. The van der Waals surface area contributed by atoms with E-state index in [1.54, 1.807) is 30.5 Å². The number of aromatic nitrogens is 3. The molecule has 1 fully saturated rings. The zero-order valence-electron chi connectivity index (χ0n) is 21.9. The van der Waals surface area contributed by atoms with Gasteiger partial charge in [-0.1, -0.05) is 17.7 Å². The fourth-order valence-corrected chi connectivity index (χ4v) is 5.21. The predicted octanol–water partition coefficient (Wildman–Crippen LogP) is 4.36. The van der Waals surface area contributed by atoms with Crippen molar-refractivity contribution in [2.45, 2.75) is 12.6 Å². The monoisotopic (exact) mass is 603 g/mol. The number of alkyl halides is 1. The molecule has 216 valence electrons. The lowest BCUT2D eigenvalue weighted by Crippen LogP contribution is -2.37. The van der Waals surface area contributed by atoms with Crippen molar-refractivity contribution in [2.24, 2.45) is 0 Å². The summed E-state index contributed by atoms with van der Waals surface area (Å²) in [6.07, 6.45) is -0.448. The third kappa shape index (κ3) is 6.23. The Balaban J connectivity index is 1.67. The highest BCUT2D eigenvalue weighted by Crippen LogP contribution is 2.42. The molecule has 0 spiro atoms. The van der Waals surface area contributed by atoms with E-state index >= 15 is 8.78 Å². The van der Waals surface area contributed by atoms with Crippen molar-refractivity contribution in [3.8, 4) is 28.3 Å². The normalized spacial score (nSPS) is 15.2. The Labute approximate surface area is 242 Å². The van der Waals surface area contributed by atoms with Crippen molar-refractivity contribution in [2.75, 3.05) is 50.6 Å². The number of nitrogens with zero attached hydrogens (tertiary/aromatic N) is 4. The number of hydrogen-bond donors (Lipinski definition) is 2. The van der Waals surface area contributed by atoms with Crippen molar-refractivity contribution < 1.29 is 27.0 Å². The second kappa shape index (κ2) is 12.6. The van der Waals surface area contributed by atoms with Gasteiger partial charge in [0.2, 0.25) is 0 Å². The first-order valence-electron chi connectivity index (χ1n) is 12.7. The minimum absolute atomic E-state index is 0.0212. The van der Waals surface area contributed by atoms with Crippen LogP contribution in [0, 0.1) is 5.82 Å². The van der Waals surface area contributed by atoms with Gasteiger partial charge >= 0.3 is 0 Å². The average Bonchev–Trinajstić information content (AvgIpc) is 2.97. The molecular formula is C27H26ClF2N6O4S-. The number of anilines is 2. The Bertz CT molecular complexity index is 1590. The number of nitrogens with one attached hydrogen (secondary N) is 1. The second-order valence-electron chi connectivity index (χ2n) is 9.23. The molecule has 2 aromatic heterocycles. The summed E-state index contributed by atoms with van der Waals surface area (Å²) in [5.74, 6) is 0.819. The lowest BCUT2D eigenvalue weighted by molar-refractivity contribution is 0.122. The SMILES string of the molecule is COc1cc(-c2c(Cl)ccc(C(F)CCNS(=O)[O-])c2F)cc2c(N3CCOCC3)nc(-c3ccc(N)nc3)nc12. The third-order valence-electron chi connectivity index (χ3n) is 6.69. The number of hydrogen-bond acceptors (Lipinski definition) is 9. The van der Waals surface area contributed by atoms with Crippen LogP contribution in [0.4, 0.5) is 20.4 Å². The predicted molar refractivity (Wildman–Crippen MR) is 153 cm³/mol. The Kier molecular flexibility index (Phi) is 8.90. The number of ether oxygens (including phenoxy) is 2. The first-order valence-corrected chi connectivity index (χ1v) is 14.1.